The molecule has 0 aliphatic heterocycles. The van der Waals surface area contributed by atoms with Crippen molar-refractivity contribution in [2.45, 2.75) is 51.0 Å². The summed E-state index contributed by atoms with van der Waals surface area (Å²) in [5, 5.41) is 7.16. The lowest BCUT2D eigenvalue weighted by molar-refractivity contribution is -0.155. The van der Waals surface area contributed by atoms with Crippen molar-refractivity contribution in [1.82, 2.24) is 15.1 Å². The molecule has 1 aliphatic rings. The van der Waals surface area contributed by atoms with E-state index < -0.39 is 5.54 Å². The van der Waals surface area contributed by atoms with E-state index in [2.05, 4.69) is 10.4 Å². The third kappa shape index (κ3) is 4.12. The van der Waals surface area contributed by atoms with Crippen LogP contribution in [0.15, 0.2) is 42.7 Å². The molecule has 1 saturated carbocycles. The Morgan fingerprint density at radius 2 is 1.92 bits per heavy atom. The lowest BCUT2D eigenvalue weighted by Gasteiger charge is -2.35. The van der Waals surface area contributed by atoms with Crippen LogP contribution in [0.2, 0.25) is 0 Å². The molecule has 0 saturated heterocycles. The summed E-state index contributed by atoms with van der Waals surface area (Å²) in [5.41, 5.74) is 0.975. The first-order valence-electron chi connectivity index (χ1n) is 9.20. The zero-order valence-electron chi connectivity index (χ0n) is 15.1. The third-order valence-corrected chi connectivity index (χ3v) is 4.82. The second-order valence-corrected chi connectivity index (χ2v) is 6.71. The van der Waals surface area contributed by atoms with E-state index in [9.17, 15) is 9.59 Å². The zero-order valence-corrected chi connectivity index (χ0v) is 15.1. The molecule has 1 aromatic heterocycles. The van der Waals surface area contributed by atoms with Crippen LogP contribution in [0.25, 0.3) is 5.69 Å². The summed E-state index contributed by atoms with van der Waals surface area (Å²) in [7, 11) is 0. The average molecular weight is 355 g/mol. The van der Waals surface area contributed by atoms with Crippen molar-refractivity contribution in [3.63, 3.8) is 0 Å². The summed E-state index contributed by atoms with van der Waals surface area (Å²) in [5.74, 6) is -0.450. The first-order valence-corrected chi connectivity index (χ1v) is 9.20. The van der Waals surface area contributed by atoms with Gasteiger partial charge < -0.3 is 10.1 Å². The Hall–Kier alpha value is -2.63. The van der Waals surface area contributed by atoms with Crippen molar-refractivity contribution in [1.29, 1.82) is 0 Å². The smallest absolute Gasteiger partial charge is 0.331 e. The molecule has 1 amide bonds. The molecular formula is C20H25N3O3. The van der Waals surface area contributed by atoms with Gasteiger partial charge in [-0.15, -0.1) is 0 Å². The number of hydrogen-bond acceptors (Lipinski definition) is 4. The number of hydrogen-bond donors (Lipinski definition) is 1. The largest absolute Gasteiger partial charge is 0.464 e. The molecule has 2 aromatic rings. The Bertz CT molecular complexity index is 732. The van der Waals surface area contributed by atoms with Crippen molar-refractivity contribution in [3.8, 4) is 5.69 Å². The summed E-state index contributed by atoms with van der Waals surface area (Å²) >= 11 is 0. The highest BCUT2D eigenvalue weighted by Gasteiger charge is 2.42. The van der Waals surface area contributed by atoms with Crippen molar-refractivity contribution < 1.29 is 14.3 Å². The van der Waals surface area contributed by atoms with E-state index >= 15 is 0 Å². The summed E-state index contributed by atoms with van der Waals surface area (Å²) in [6.45, 7) is 2.11. The number of rotatable bonds is 6. The molecule has 1 fully saturated rings. The van der Waals surface area contributed by atoms with Crippen LogP contribution in [0.3, 0.4) is 0 Å². The minimum Gasteiger partial charge on any atom is -0.464 e. The molecule has 3 rings (SSSR count). The Labute approximate surface area is 153 Å². The molecule has 0 radical (unpaired) electrons. The fourth-order valence-corrected chi connectivity index (χ4v) is 3.49. The highest BCUT2D eigenvalue weighted by molar-refractivity contribution is 5.89. The Balaban J connectivity index is 1.65. The lowest BCUT2D eigenvalue weighted by Crippen LogP contribution is -2.56. The van der Waals surface area contributed by atoms with Crippen LogP contribution in [0.1, 0.15) is 44.6 Å². The van der Waals surface area contributed by atoms with Crippen LogP contribution in [0, 0.1) is 0 Å². The molecule has 1 heterocycles. The van der Waals surface area contributed by atoms with Gasteiger partial charge in [-0.05, 0) is 43.5 Å². The Morgan fingerprint density at radius 3 is 2.54 bits per heavy atom. The predicted octanol–water partition coefficient (Wildman–Crippen LogP) is 2.80. The van der Waals surface area contributed by atoms with Crippen LogP contribution >= 0.6 is 0 Å². The van der Waals surface area contributed by atoms with Crippen LogP contribution in [-0.2, 0) is 20.7 Å². The summed E-state index contributed by atoms with van der Waals surface area (Å²) < 4.78 is 7.00. The average Bonchev–Trinajstić information content (AvgIpc) is 3.18. The van der Waals surface area contributed by atoms with E-state index in [4.69, 9.17) is 4.74 Å². The fourth-order valence-electron chi connectivity index (χ4n) is 3.49. The van der Waals surface area contributed by atoms with Gasteiger partial charge in [-0.2, -0.15) is 5.10 Å². The molecule has 0 spiro atoms. The van der Waals surface area contributed by atoms with E-state index in [-0.39, 0.29) is 18.3 Å². The topological polar surface area (TPSA) is 73.2 Å². The number of nitrogens with one attached hydrogen (secondary N) is 1. The van der Waals surface area contributed by atoms with E-state index in [1.54, 1.807) is 17.8 Å². The molecule has 26 heavy (non-hydrogen) atoms. The third-order valence-electron chi connectivity index (χ3n) is 4.82. The van der Waals surface area contributed by atoms with Gasteiger partial charge in [0.05, 0.1) is 18.7 Å². The number of nitrogens with zero attached hydrogens (tertiary/aromatic N) is 2. The standard InChI is InChI=1S/C20H25N3O3/c1-2-26-19(25)20(11-4-3-5-12-20)22-18(24)15-16-7-9-17(10-8-16)23-14-6-13-21-23/h6-10,13-14H,2-5,11-12,15H2,1H3,(H,22,24). The number of ether oxygens (including phenoxy) is 1. The van der Waals surface area contributed by atoms with Gasteiger partial charge in [0.25, 0.3) is 0 Å². The minimum atomic E-state index is -0.861. The van der Waals surface area contributed by atoms with Crippen LogP contribution in [-0.4, -0.2) is 33.8 Å². The fraction of sp³-hybridized carbons (Fsp3) is 0.450. The molecule has 0 atom stereocenters. The second-order valence-electron chi connectivity index (χ2n) is 6.71. The monoisotopic (exact) mass is 355 g/mol. The summed E-state index contributed by atoms with van der Waals surface area (Å²) in [6, 6.07) is 9.54. The highest BCUT2D eigenvalue weighted by Crippen LogP contribution is 2.29. The number of carbonyl (C=O) groups excluding carboxylic acids is 2. The SMILES string of the molecule is CCOC(=O)C1(NC(=O)Cc2ccc(-n3cccn3)cc2)CCCCC1. The van der Waals surface area contributed by atoms with Gasteiger partial charge >= 0.3 is 5.97 Å². The van der Waals surface area contributed by atoms with E-state index in [0.717, 1.165) is 30.5 Å². The summed E-state index contributed by atoms with van der Waals surface area (Å²) in [6.07, 6.45) is 8.07. The van der Waals surface area contributed by atoms with Crippen molar-refractivity contribution in [2.75, 3.05) is 6.61 Å². The molecule has 1 aliphatic carbocycles. The van der Waals surface area contributed by atoms with Gasteiger partial charge in [-0.25, -0.2) is 9.48 Å². The zero-order chi connectivity index (χ0) is 18.4. The van der Waals surface area contributed by atoms with Crippen molar-refractivity contribution in [3.05, 3.63) is 48.3 Å². The minimum absolute atomic E-state index is 0.146. The molecule has 1 aromatic carbocycles. The molecule has 0 bridgehead atoms. The number of amides is 1. The Morgan fingerprint density at radius 1 is 1.19 bits per heavy atom. The molecule has 6 heteroatoms. The van der Waals surface area contributed by atoms with E-state index in [0.29, 0.717) is 19.4 Å². The highest BCUT2D eigenvalue weighted by atomic mass is 16.5. The molecule has 138 valence electrons. The van der Waals surface area contributed by atoms with Crippen LogP contribution in [0.4, 0.5) is 0 Å². The van der Waals surface area contributed by atoms with Gasteiger partial charge in [-0.3, -0.25) is 4.79 Å². The first-order chi connectivity index (χ1) is 12.6. The number of aromatic nitrogens is 2. The number of benzene rings is 1. The first kappa shape index (κ1) is 18.2. The molecule has 1 N–H and O–H groups in total. The van der Waals surface area contributed by atoms with Crippen molar-refractivity contribution in [2.24, 2.45) is 0 Å². The van der Waals surface area contributed by atoms with Crippen LogP contribution < -0.4 is 5.32 Å². The number of esters is 1. The quantitative estimate of drug-likeness (QED) is 0.809. The van der Waals surface area contributed by atoms with Gasteiger partial charge in [0.15, 0.2) is 0 Å². The normalized spacial score (nSPS) is 16.0. The Kier molecular flexibility index (Phi) is 5.71. The maximum absolute atomic E-state index is 12.6. The maximum atomic E-state index is 12.6. The van der Waals surface area contributed by atoms with E-state index in [1.165, 1.54) is 0 Å². The van der Waals surface area contributed by atoms with Gasteiger partial charge in [0.2, 0.25) is 5.91 Å². The predicted molar refractivity (Wildman–Crippen MR) is 97.9 cm³/mol. The van der Waals surface area contributed by atoms with Crippen molar-refractivity contribution >= 4 is 11.9 Å². The molecule has 0 unspecified atom stereocenters. The van der Waals surface area contributed by atoms with Gasteiger partial charge in [0, 0.05) is 12.4 Å². The lowest BCUT2D eigenvalue weighted by atomic mass is 9.81. The van der Waals surface area contributed by atoms with Gasteiger partial charge in [-0.1, -0.05) is 31.4 Å². The summed E-state index contributed by atoms with van der Waals surface area (Å²) in [4.78, 5) is 25.0. The van der Waals surface area contributed by atoms with Gasteiger partial charge in [0.1, 0.15) is 5.54 Å². The maximum Gasteiger partial charge on any atom is 0.331 e. The second kappa shape index (κ2) is 8.17. The molecule has 6 nitrogen and oxygen atoms in total. The molecular weight excluding hydrogens is 330 g/mol. The van der Waals surface area contributed by atoms with E-state index in [1.807, 2.05) is 36.5 Å². The van der Waals surface area contributed by atoms with Crippen LogP contribution in [0.5, 0.6) is 0 Å². The number of carbonyl (C=O) groups is 2.